The number of pyridine rings is 1. The Morgan fingerprint density at radius 3 is 2.43 bits per heavy atom. The standard InChI is InChI=1S/C54H63F2N7O5/c1-3-39-43(55)10-8-36-25-38(64)26-41(45(36)39)47-46(56)48-42(29-57-47)49(63-19-5-14-52(2,67)30-63)60-51(59-48)68-32-54(15-16-54)31-61-22-17-53(18-23-61)27-37(28-53)62-20-12-33(13-21-62)34-6-4-7-35(24-34)40-9-11-44(65)58-50(40)66/h4,6-8,10,24-26,29,33,37,40,64,67H,3,5,9,11-23,27-28,30-32H2,1-2H3,(H,58,65,66)/t40?,52-/m1/s1. The molecule has 11 rings (SSSR count). The first-order valence-corrected chi connectivity index (χ1v) is 25.1. The molecule has 2 aromatic heterocycles. The average Bonchev–Trinajstić information content (AvgIpc) is 4.09. The van der Waals surface area contributed by atoms with Gasteiger partial charge in [0, 0.05) is 49.3 Å². The highest BCUT2D eigenvalue weighted by Crippen LogP contribution is 2.53. The summed E-state index contributed by atoms with van der Waals surface area (Å²) in [5.74, 6) is -0.849. The molecule has 0 bridgehead atoms. The maximum Gasteiger partial charge on any atom is 0.319 e. The van der Waals surface area contributed by atoms with Crippen LogP contribution in [0.25, 0.3) is 32.9 Å². The third-order valence-corrected chi connectivity index (χ3v) is 16.7. The number of nitrogens with one attached hydrogen (secondary N) is 1. The van der Waals surface area contributed by atoms with Crippen molar-refractivity contribution < 1.29 is 33.3 Å². The number of aryl methyl sites for hydroxylation is 1. The number of phenols is 1. The van der Waals surface area contributed by atoms with Gasteiger partial charge in [-0.15, -0.1) is 0 Å². The number of carbonyl (C=O) groups is 2. The van der Waals surface area contributed by atoms with E-state index in [1.165, 1.54) is 43.4 Å². The Morgan fingerprint density at radius 1 is 0.912 bits per heavy atom. The van der Waals surface area contributed by atoms with Gasteiger partial charge in [-0.25, -0.2) is 8.78 Å². The van der Waals surface area contributed by atoms with Crippen LogP contribution in [0, 0.1) is 22.5 Å². The van der Waals surface area contributed by atoms with E-state index in [1.807, 2.05) is 17.9 Å². The number of carbonyl (C=O) groups excluding carboxylic acids is 2. The first-order valence-electron chi connectivity index (χ1n) is 25.1. The molecule has 2 atom stereocenters. The molecule has 0 radical (unpaired) electrons. The van der Waals surface area contributed by atoms with E-state index in [-0.39, 0.29) is 51.7 Å². The molecule has 2 amide bonds. The summed E-state index contributed by atoms with van der Waals surface area (Å²) in [6.45, 7) is 10.3. The van der Waals surface area contributed by atoms with Crippen LogP contribution in [-0.2, 0) is 16.0 Å². The number of fused-ring (bicyclic) bond motifs is 2. The number of amides is 2. The molecule has 14 heteroatoms. The SMILES string of the molecule is CCc1c(F)ccc2cc(O)cc(-c3ncc4c(N5CCC[C@@](C)(O)C5)nc(OCC5(CN6CCC7(CC6)CC(N6CCC(c8cccc(C9CCC(=O)NC9=O)c8)CC6)C7)CC5)nc4c3F)c12. The van der Waals surface area contributed by atoms with Crippen molar-refractivity contribution in [3.05, 3.63) is 83.1 Å². The van der Waals surface area contributed by atoms with Crippen molar-refractivity contribution in [3.63, 3.8) is 0 Å². The van der Waals surface area contributed by atoms with Crippen molar-refractivity contribution in [2.24, 2.45) is 10.8 Å². The Hall–Kier alpha value is -5.31. The number of piperidine rings is 4. The summed E-state index contributed by atoms with van der Waals surface area (Å²) in [6, 6.07) is 15.2. The zero-order chi connectivity index (χ0) is 47.0. The van der Waals surface area contributed by atoms with Crippen molar-refractivity contribution in [3.8, 4) is 23.0 Å². The van der Waals surface area contributed by atoms with Crippen molar-refractivity contribution in [2.75, 3.05) is 57.3 Å². The number of ether oxygens (including phenoxy) is 1. The van der Waals surface area contributed by atoms with E-state index in [4.69, 9.17) is 14.7 Å². The van der Waals surface area contributed by atoms with Crippen LogP contribution in [0.2, 0.25) is 0 Å². The lowest BCUT2D eigenvalue weighted by Gasteiger charge is -2.56. The molecule has 5 aromatic rings. The van der Waals surface area contributed by atoms with Gasteiger partial charge in [0.05, 0.1) is 23.5 Å². The van der Waals surface area contributed by atoms with Gasteiger partial charge >= 0.3 is 6.01 Å². The van der Waals surface area contributed by atoms with Crippen LogP contribution in [0.4, 0.5) is 14.6 Å². The number of rotatable bonds is 11. The number of likely N-dealkylation sites (tertiary alicyclic amines) is 2. The van der Waals surface area contributed by atoms with Crippen molar-refractivity contribution in [1.29, 1.82) is 0 Å². The van der Waals surface area contributed by atoms with Crippen LogP contribution >= 0.6 is 0 Å². The van der Waals surface area contributed by atoms with Crippen LogP contribution < -0.4 is 15.0 Å². The fourth-order valence-electron chi connectivity index (χ4n) is 12.6. The molecule has 4 aliphatic heterocycles. The van der Waals surface area contributed by atoms with Crippen LogP contribution in [-0.4, -0.2) is 111 Å². The van der Waals surface area contributed by atoms with Crippen LogP contribution in [0.15, 0.2) is 54.7 Å². The minimum atomic E-state index is -0.955. The molecule has 1 spiro atoms. The van der Waals surface area contributed by atoms with E-state index in [0.717, 1.165) is 70.4 Å². The number of benzene rings is 3. The van der Waals surface area contributed by atoms with E-state index < -0.39 is 17.2 Å². The lowest BCUT2D eigenvalue weighted by Crippen LogP contribution is -2.56. The number of nitrogens with zero attached hydrogens (tertiary/aromatic N) is 6. The fraction of sp³-hybridized carbons (Fsp3) is 0.537. The number of anilines is 1. The molecule has 358 valence electrons. The molecule has 2 saturated carbocycles. The number of β-amino-alcohol motifs (C(OH)–C–C–N with tert-alkyl or cyclic N) is 1. The lowest BCUT2D eigenvalue weighted by molar-refractivity contribution is -0.134. The second kappa shape index (κ2) is 17.6. The van der Waals surface area contributed by atoms with Gasteiger partial charge in [0.15, 0.2) is 5.82 Å². The first kappa shape index (κ1) is 45.2. The molecule has 12 nitrogen and oxygen atoms in total. The predicted molar refractivity (Wildman–Crippen MR) is 257 cm³/mol. The maximum absolute atomic E-state index is 17.1. The predicted octanol–water partition coefficient (Wildman–Crippen LogP) is 8.55. The number of aromatic nitrogens is 3. The van der Waals surface area contributed by atoms with E-state index in [0.29, 0.717) is 90.3 Å². The number of hydrogen-bond acceptors (Lipinski definition) is 11. The summed E-state index contributed by atoms with van der Waals surface area (Å²) in [7, 11) is 0. The zero-order valence-corrected chi connectivity index (χ0v) is 39.3. The van der Waals surface area contributed by atoms with E-state index in [1.54, 1.807) is 25.3 Å². The summed E-state index contributed by atoms with van der Waals surface area (Å²) < 4.78 is 38.8. The Kier molecular flexibility index (Phi) is 11.7. The van der Waals surface area contributed by atoms with Gasteiger partial charge in [0.2, 0.25) is 11.8 Å². The molecule has 6 fully saturated rings. The molecule has 3 N–H and O–H groups in total. The average molecular weight is 928 g/mol. The molecule has 6 heterocycles. The van der Waals surface area contributed by atoms with Crippen molar-refractivity contribution in [1.82, 2.24) is 30.1 Å². The molecule has 3 aromatic carbocycles. The Labute approximate surface area is 396 Å². The van der Waals surface area contributed by atoms with Crippen LogP contribution in [0.1, 0.15) is 119 Å². The molecule has 4 saturated heterocycles. The number of phenolic OH excluding ortho intramolecular Hbond substituents is 1. The molecule has 6 aliphatic rings. The Balaban J connectivity index is 0.737. The molecule has 2 aliphatic carbocycles. The van der Waals surface area contributed by atoms with E-state index >= 15 is 8.78 Å². The summed E-state index contributed by atoms with van der Waals surface area (Å²) in [6.07, 6.45) is 13.5. The van der Waals surface area contributed by atoms with Crippen molar-refractivity contribution >= 4 is 39.3 Å². The van der Waals surface area contributed by atoms with Gasteiger partial charge in [-0.3, -0.25) is 19.9 Å². The van der Waals surface area contributed by atoms with Gasteiger partial charge in [-0.1, -0.05) is 37.3 Å². The van der Waals surface area contributed by atoms with Gasteiger partial charge in [-0.2, -0.15) is 9.97 Å². The smallest absolute Gasteiger partial charge is 0.319 e. The number of halogens is 2. The topological polar surface area (TPSA) is 144 Å². The molecular formula is C54H63F2N7O5. The number of aliphatic hydroxyl groups is 1. The lowest BCUT2D eigenvalue weighted by atomic mass is 9.59. The van der Waals surface area contributed by atoms with Gasteiger partial charge in [0.25, 0.3) is 0 Å². The van der Waals surface area contributed by atoms with E-state index in [9.17, 15) is 19.8 Å². The summed E-state index contributed by atoms with van der Waals surface area (Å²) >= 11 is 0. The molecule has 1 unspecified atom stereocenters. The third kappa shape index (κ3) is 8.70. The highest BCUT2D eigenvalue weighted by atomic mass is 19.1. The Bertz CT molecular complexity index is 2770. The highest BCUT2D eigenvalue weighted by Gasteiger charge is 2.51. The monoisotopic (exact) mass is 927 g/mol. The van der Waals surface area contributed by atoms with Crippen LogP contribution in [0.5, 0.6) is 11.8 Å². The second-order valence-electron chi connectivity index (χ2n) is 21.6. The quantitative estimate of drug-likeness (QED) is 0.110. The van der Waals surface area contributed by atoms with Crippen LogP contribution in [0.3, 0.4) is 0 Å². The second-order valence-corrected chi connectivity index (χ2v) is 21.6. The normalized spacial score (nSPS) is 24.7. The Morgan fingerprint density at radius 2 is 1.69 bits per heavy atom. The van der Waals surface area contributed by atoms with E-state index in [2.05, 4.69) is 38.3 Å². The minimum absolute atomic E-state index is 0.0253. The summed E-state index contributed by atoms with van der Waals surface area (Å²) in [5, 5.41) is 25.8. The maximum atomic E-state index is 17.1. The minimum Gasteiger partial charge on any atom is -0.508 e. The van der Waals surface area contributed by atoms with Gasteiger partial charge in [0.1, 0.15) is 28.6 Å². The van der Waals surface area contributed by atoms with Crippen molar-refractivity contribution in [2.45, 2.75) is 121 Å². The number of hydrogen-bond donors (Lipinski definition) is 3. The number of aromatic hydroxyl groups is 1. The third-order valence-electron chi connectivity index (χ3n) is 16.7. The highest BCUT2D eigenvalue weighted by molar-refractivity contribution is 6.02. The molecule has 68 heavy (non-hydrogen) atoms. The summed E-state index contributed by atoms with van der Waals surface area (Å²) in [4.78, 5) is 45.7. The number of imide groups is 1. The van der Waals surface area contributed by atoms with Gasteiger partial charge < -0.3 is 29.6 Å². The largest absolute Gasteiger partial charge is 0.508 e. The molecular weight excluding hydrogens is 865 g/mol. The summed E-state index contributed by atoms with van der Waals surface area (Å²) in [5.41, 5.74) is 2.45. The fourth-order valence-corrected chi connectivity index (χ4v) is 12.6. The van der Waals surface area contributed by atoms with Gasteiger partial charge in [-0.05, 0) is 167 Å². The zero-order valence-electron chi connectivity index (χ0n) is 39.3. The first-order chi connectivity index (χ1) is 32.8.